The molecule has 1 aromatic rings. The van der Waals surface area contributed by atoms with Gasteiger partial charge in [0.1, 0.15) is 6.07 Å². The molecular weight excluding hydrogens is 243 g/mol. The molecule has 2 N–H and O–H groups in total. The smallest absolute Gasteiger partial charge is 0.382 e. The van der Waals surface area contributed by atoms with E-state index in [9.17, 15) is 13.2 Å². The van der Waals surface area contributed by atoms with Gasteiger partial charge < -0.3 is 10.6 Å². The van der Waals surface area contributed by atoms with Crippen molar-refractivity contribution >= 4 is 5.69 Å². The number of hydrogen-bond donors (Lipinski definition) is 2. The summed E-state index contributed by atoms with van der Waals surface area (Å²) < 4.78 is 37.4. The molecule has 0 spiro atoms. The summed E-state index contributed by atoms with van der Waals surface area (Å²) in [7, 11) is 1.78. The summed E-state index contributed by atoms with van der Waals surface area (Å²) in [5.74, 6) is 0. The van der Waals surface area contributed by atoms with Gasteiger partial charge in [-0.1, -0.05) is 0 Å². The highest BCUT2D eigenvalue weighted by molar-refractivity contribution is 5.59. The lowest BCUT2D eigenvalue weighted by Crippen LogP contribution is -2.29. The van der Waals surface area contributed by atoms with E-state index < -0.39 is 11.7 Å². The monoisotopic (exact) mass is 257 g/mol. The standard InChI is InChI=1S/C12H14F3N3/c1-8(17-2)7-18-11-4-3-10(12(13,14)15)5-9(11)6-16/h3-5,8,17-18H,7H2,1-2H3. The molecular formula is C12H14F3N3. The first-order chi connectivity index (χ1) is 8.38. The lowest BCUT2D eigenvalue weighted by molar-refractivity contribution is -0.137. The molecule has 6 heteroatoms. The van der Waals surface area contributed by atoms with Gasteiger partial charge in [-0.2, -0.15) is 18.4 Å². The van der Waals surface area contributed by atoms with E-state index in [0.29, 0.717) is 12.2 Å². The van der Waals surface area contributed by atoms with Crippen molar-refractivity contribution < 1.29 is 13.2 Å². The quantitative estimate of drug-likeness (QED) is 0.871. The molecule has 18 heavy (non-hydrogen) atoms. The third-order valence-electron chi connectivity index (χ3n) is 2.56. The molecule has 0 radical (unpaired) electrons. The molecule has 1 aromatic carbocycles. The Morgan fingerprint density at radius 3 is 2.56 bits per heavy atom. The van der Waals surface area contributed by atoms with Crippen LogP contribution in [0.1, 0.15) is 18.1 Å². The fourth-order valence-corrected chi connectivity index (χ4v) is 1.33. The normalized spacial score (nSPS) is 12.9. The summed E-state index contributed by atoms with van der Waals surface area (Å²) in [5.41, 5.74) is -0.410. The van der Waals surface area contributed by atoms with Crippen LogP contribution in [-0.2, 0) is 6.18 Å². The highest BCUT2D eigenvalue weighted by atomic mass is 19.4. The summed E-state index contributed by atoms with van der Waals surface area (Å²) in [6, 6.07) is 5.02. The second kappa shape index (κ2) is 5.74. The Kier molecular flexibility index (Phi) is 4.56. The van der Waals surface area contributed by atoms with Gasteiger partial charge in [0.05, 0.1) is 16.8 Å². The zero-order valence-electron chi connectivity index (χ0n) is 10.1. The van der Waals surface area contributed by atoms with Crippen molar-refractivity contribution in [3.05, 3.63) is 29.3 Å². The summed E-state index contributed by atoms with van der Waals surface area (Å²) in [6.07, 6.45) is -4.43. The maximum atomic E-state index is 12.5. The van der Waals surface area contributed by atoms with Crippen molar-refractivity contribution in [3.63, 3.8) is 0 Å². The number of halogens is 3. The molecule has 0 saturated heterocycles. The van der Waals surface area contributed by atoms with Gasteiger partial charge in [-0.15, -0.1) is 0 Å². The largest absolute Gasteiger partial charge is 0.416 e. The van der Waals surface area contributed by atoms with Crippen LogP contribution < -0.4 is 10.6 Å². The Balaban J connectivity index is 2.92. The minimum absolute atomic E-state index is 0.00636. The predicted molar refractivity (Wildman–Crippen MR) is 63.2 cm³/mol. The Hall–Kier alpha value is -1.74. The van der Waals surface area contributed by atoms with Crippen LogP contribution >= 0.6 is 0 Å². The second-order valence-corrected chi connectivity index (χ2v) is 3.94. The third kappa shape index (κ3) is 3.64. The lowest BCUT2D eigenvalue weighted by atomic mass is 10.1. The maximum absolute atomic E-state index is 12.5. The number of nitrogens with one attached hydrogen (secondary N) is 2. The van der Waals surface area contributed by atoms with Gasteiger partial charge in [-0.05, 0) is 32.2 Å². The molecule has 3 nitrogen and oxygen atoms in total. The summed E-state index contributed by atoms with van der Waals surface area (Å²) >= 11 is 0. The minimum Gasteiger partial charge on any atom is -0.382 e. The van der Waals surface area contributed by atoms with Crippen molar-refractivity contribution in [2.45, 2.75) is 19.1 Å². The Labute approximate surface area is 104 Å². The minimum atomic E-state index is -4.43. The van der Waals surface area contributed by atoms with E-state index in [-0.39, 0.29) is 11.6 Å². The Bertz CT molecular complexity index is 449. The van der Waals surface area contributed by atoms with Crippen LogP contribution in [0.2, 0.25) is 0 Å². The van der Waals surface area contributed by atoms with Gasteiger partial charge >= 0.3 is 6.18 Å². The van der Waals surface area contributed by atoms with E-state index in [1.165, 1.54) is 6.07 Å². The highest BCUT2D eigenvalue weighted by Crippen LogP contribution is 2.31. The molecule has 0 aromatic heterocycles. The molecule has 0 saturated carbocycles. The first-order valence-electron chi connectivity index (χ1n) is 5.41. The topological polar surface area (TPSA) is 47.8 Å². The van der Waals surface area contributed by atoms with Gasteiger partial charge in [0, 0.05) is 12.6 Å². The van der Waals surface area contributed by atoms with Crippen LogP contribution in [0, 0.1) is 11.3 Å². The fourth-order valence-electron chi connectivity index (χ4n) is 1.33. The number of nitrogens with zero attached hydrogens (tertiary/aromatic N) is 1. The van der Waals surface area contributed by atoms with Gasteiger partial charge in [0.25, 0.3) is 0 Å². The van der Waals surface area contributed by atoms with Crippen LogP contribution in [-0.4, -0.2) is 19.6 Å². The van der Waals surface area contributed by atoms with Crippen LogP contribution in [0.15, 0.2) is 18.2 Å². The summed E-state index contributed by atoms with van der Waals surface area (Å²) in [4.78, 5) is 0. The average molecular weight is 257 g/mol. The van der Waals surface area contributed by atoms with Gasteiger partial charge in [0.2, 0.25) is 0 Å². The van der Waals surface area contributed by atoms with E-state index in [1.807, 2.05) is 6.92 Å². The van der Waals surface area contributed by atoms with Gasteiger partial charge in [0.15, 0.2) is 0 Å². The number of anilines is 1. The van der Waals surface area contributed by atoms with Crippen molar-refractivity contribution in [2.75, 3.05) is 18.9 Å². The molecule has 1 unspecified atom stereocenters. The number of rotatable bonds is 4. The molecule has 0 amide bonds. The van der Waals surface area contributed by atoms with Crippen LogP contribution in [0.4, 0.5) is 18.9 Å². The first-order valence-corrected chi connectivity index (χ1v) is 5.41. The molecule has 0 bridgehead atoms. The zero-order chi connectivity index (χ0) is 13.8. The van der Waals surface area contributed by atoms with Crippen molar-refractivity contribution in [3.8, 4) is 6.07 Å². The van der Waals surface area contributed by atoms with E-state index in [2.05, 4.69) is 10.6 Å². The van der Waals surface area contributed by atoms with Crippen molar-refractivity contribution in [2.24, 2.45) is 0 Å². The Morgan fingerprint density at radius 2 is 2.06 bits per heavy atom. The van der Waals surface area contributed by atoms with E-state index in [1.54, 1.807) is 13.1 Å². The molecule has 0 aliphatic carbocycles. The van der Waals surface area contributed by atoms with Crippen molar-refractivity contribution in [1.29, 1.82) is 5.26 Å². The summed E-state index contributed by atoms with van der Waals surface area (Å²) in [5, 5.41) is 14.8. The third-order valence-corrected chi connectivity index (χ3v) is 2.56. The fraction of sp³-hybridized carbons (Fsp3) is 0.417. The number of alkyl halides is 3. The van der Waals surface area contributed by atoms with E-state index >= 15 is 0 Å². The van der Waals surface area contributed by atoms with Crippen LogP contribution in [0.5, 0.6) is 0 Å². The van der Waals surface area contributed by atoms with Gasteiger partial charge in [-0.3, -0.25) is 0 Å². The number of nitriles is 1. The molecule has 0 aliphatic rings. The molecule has 98 valence electrons. The lowest BCUT2D eigenvalue weighted by Gasteiger charge is -2.14. The van der Waals surface area contributed by atoms with E-state index in [0.717, 1.165) is 12.1 Å². The molecule has 1 rings (SSSR count). The molecule has 0 fully saturated rings. The van der Waals surface area contributed by atoms with E-state index in [4.69, 9.17) is 5.26 Å². The predicted octanol–water partition coefficient (Wildman–Crippen LogP) is 2.60. The van der Waals surface area contributed by atoms with Crippen molar-refractivity contribution in [1.82, 2.24) is 5.32 Å². The van der Waals surface area contributed by atoms with Crippen LogP contribution in [0.25, 0.3) is 0 Å². The number of hydrogen-bond acceptors (Lipinski definition) is 3. The second-order valence-electron chi connectivity index (χ2n) is 3.94. The first kappa shape index (κ1) is 14.3. The molecule has 0 heterocycles. The van der Waals surface area contributed by atoms with Gasteiger partial charge in [-0.25, -0.2) is 0 Å². The maximum Gasteiger partial charge on any atom is 0.416 e. The zero-order valence-corrected chi connectivity index (χ0v) is 10.1. The molecule has 1 atom stereocenters. The number of benzene rings is 1. The highest BCUT2D eigenvalue weighted by Gasteiger charge is 2.31. The van der Waals surface area contributed by atoms with Crippen LogP contribution in [0.3, 0.4) is 0 Å². The summed E-state index contributed by atoms with van der Waals surface area (Å²) in [6.45, 7) is 2.44. The average Bonchev–Trinajstić information content (AvgIpc) is 2.34. The molecule has 0 aliphatic heterocycles. The SMILES string of the molecule is CNC(C)CNc1ccc(C(F)(F)F)cc1C#N. The Morgan fingerprint density at radius 1 is 1.39 bits per heavy atom. The number of likely N-dealkylation sites (N-methyl/N-ethyl adjacent to an activating group) is 1.